The number of nitrogens with one attached hydrogen (secondary N) is 1. The van der Waals surface area contributed by atoms with E-state index in [1.165, 1.54) is 11.3 Å². The van der Waals surface area contributed by atoms with Gasteiger partial charge in [0, 0.05) is 6.54 Å². The molecule has 0 spiro atoms. The molecular formula is C17H21FN4O2S2. The van der Waals surface area contributed by atoms with Gasteiger partial charge in [-0.25, -0.2) is 17.5 Å². The monoisotopic (exact) mass is 396 g/mol. The van der Waals surface area contributed by atoms with E-state index in [1.807, 2.05) is 35.2 Å². The van der Waals surface area contributed by atoms with Crippen molar-refractivity contribution in [1.82, 2.24) is 19.8 Å². The Hall–Kier alpha value is -1.68. The first-order chi connectivity index (χ1) is 12.4. The molecule has 0 aliphatic carbocycles. The molecule has 1 aromatic heterocycles. The van der Waals surface area contributed by atoms with E-state index in [9.17, 15) is 12.8 Å². The van der Waals surface area contributed by atoms with Gasteiger partial charge in [0.25, 0.3) is 0 Å². The zero-order chi connectivity index (χ0) is 18.6. The van der Waals surface area contributed by atoms with Crippen LogP contribution in [-0.4, -0.2) is 42.9 Å². The minimum absolute atomic E-state index is 0.123. The molecule has 1 aliphatic heterocycles. The SMILES string of the molecule is CS(=O)(=O)NC(Cc1ccccc1)c1nnc(CN2CCC=C(F)C2)s1. The van der Waals surface area contributed by atoms with Crippen LogP contribution in [0, 0.1) is 0 Å². The maximum atomic E-state index is 13.4. The molecule has 0 saturated heterocycles. The van der Waals surface area contributed by atoms with E-state index in [2.05, 4.69) is 14.9 Å². The molecule has 0 fully saturated rings. The molecule has 1 unspecified atom stereocenters. The predicted molar refractivity (Wildman–Crippen MR) is 99.9 cm³/mol. The van der Waals surface area contributed by atoms with Gasteiger partial charge in [0.05, 0.1) is 25.4 Å². The van der Waals surface area contributed by atoms with Crippen LogP contribution >= 0.6 is 11.3 Å². The third-order valence-corrected chi connectivity index (χ3v) is 5.70. The maximum Gasteiger partial charge on any atom is 0.209 e. The highest BCUT2D eigenvalue weighted by Crippen LogP contribution is 2.24. The topological polar surface area (TPSA) is 75.2 Å². The molecule has 0 radical (unpaired) electrons. The van der Waals surface area contributed by atoms with E-state index in [0.717, 1.165) is 23.4 Å². The molecule has 2 heterocycles. The third kappa shape index (κ3) is 5.66. The zero-order valence-corrected chi connectivity index (χ0v) is 16.1. The van der Waals surface area contributed by atoms with E-state index < -0.39 is 16.1 Å². The van der Waals surface area contributed by atoms with Crippen LogP contribution < -0.4 is 4.72 Å². The highest BCUT2D eigenvalue weighted by Gasteiger charge is 2.22. The first-order valence-corrected chi connectivity index (χ1v) is 11.0. The molecule has 26 heavy (non-hydrogen) atoms. The van der Waals surface area contributed by atoms with Gasteiger partial charge < -0.3 is 0 Å². The van der Waals surface area contributed by atoms with Gasteiger partial charge in [-0.2, -0.15) is 0 Å². The lowest BCUT2D eigenvalue weighted by atomic mass is 10.1. The van der Waals surface area contributed by atoms with E-state index in [0.29, 0.717) is 24.4 Å². The summed E-state index contributed by atoms with van der Waals surface area (Å²) in [5.74, 6) is -0.123. The van der Waals surface area contributed by atoms with Gasteiger partial charge >= 0.3 is 0 Å². The van der Waals surface area contributed by atoms with Crippen molar-refractivity contribution in [3.8, 4) is 0 Å². The molecule has 3 rings (SSSR count). The van der Waals surface area contributed by atoms with Crippen molar-refractivity contribution in [2.24, 2.45) is 0 Å². The Labute approximate surface area is 156 Å². The number of nitrogens with zero attached hydrogens (tertiary/aromatic N) is 3. The highest BCUT2D eigenvalue weighted by molar-refractivity contribution is 7.88. The average Bonchev–Trinajstić information content (AvgIpc) is 3.02. The van der Waals surface area contributed by atoms with Gasteiger partial charge in [0.2, 0.25) is 10.0 Å². The standard InChI is InChI=1S/C17H21FN4O2S2/c1-26(23,24)21-15(10-13-6-3-2-4-7-13)17-20-19-16(25-17)12-22-9-5-8-14(18)11-22/h2-4,6-8,15,21H,5,9-12H2,1H3. The first-order valence-electron chi connectivity index (χ1n) is 8.29. The summed E-state index contributed by atoms with van der Waals surface area (Å²) >= 11 is 1.36. The molecule has 140 valence electrons. The van der Waals surface area contributed by atoms with Crippen molar-refractivity contribution in [3.05, 3.63) is 57.8 Å². The van der Waals surface area contributed by atoms with Crippen LogP contribution in [0.5, 0.6) is 0 Å². The van der Waals surface area contributed by atoms with Crippen LogP contribution in [0.1, 0.15) is 28.0 Å². The number of rotatable bonds is 7. The molecule has 0 amide bonds. The molecule has 1 N–H and O–H groups in total. The van der Waals surface area contributed by atoms with Crippen LogP contribution in [0.4, 0.5) is 4.39 Å². The lowest BCUT2D eigenvalue weighted by Gasteiger charge is -2.22. The Kier molecular flexibility index (Phi) is 6.13. The highest BCUT2D eigenvalue weighted by atomic mass is 32.2. The fraction of sp³-hybridized carbons (Fsp3) is 0.412. The Morgan fingerprint density at radius 2 is 2.08 bits per heavy atom. The minimum Gasteiger partial charge on any atom is -0.290 e. The summed E-state index contributed by atoms with van der Waals surface area (Å²) < 4.78 is 39.6. The van der Waals surface area contributed by atoms with Gasteiger partial charge in [-0.15, -0.1) is 10.2 Å². The fourth-order valence-corrected chi connectivity index (χ4v) is 4.57. The Morgan fingerprint density at radius 1 is 1.31 bits per heavy atom. The van der Waals surface area contributed by atoms with Crippen LogP contribution in [0.15, 0.2) is 42.2 Å². The summed E-state index contributed by atoms with van der Waals surface area (Å²) in [5, 5.41) is 9.73. The fourth-order valence-electron chi connectivity index (χ4n) is 2.85. The second kappa shape index (κ2) is 8.34. The summed E-state index contributed by atoms with van der Waals surface area (Å²) in [6.45, 7) is 1.57. The van der Waals surface area contributed by atoms with E-state index in [4.69, 9.17) is 0 Å². The summed E-state index contributed by atoms with van der Waals surface area (Å²) in [6, 6.07) is 9.16. The predicted octanol–water partition coefficient (Wildman–Crippen LogP) is 2.43. The molecule has 1 aromatic carbocycles. The van der Waals surface area contributed by atoms with E-state index in [-0.39, 0.29) is 12.4 Å². The van der Waals surface area contributed by atoms with Crippen LogP contribution in [0.2, 0.25) is 0 Å². The van der Waals surface area contributed by atoms with Crippen molar-refractivity contribution in [2.45, 2.75) is 25.4 Å². The second-order valence-corrected chi connectivity index (χ2v) is 9.19. The van der Waals surface area contributed by atoms with Crippen molar-refractivity contribution in [1.29, 1.82) is 0 Å². The zero-order valence-electron chi connectivity index (χ0n) is 14.4. The summed E-state index contributed by atoms with van der Waals surface area (Å²) in [7, 11) is -3.40. The lowest BCUT2D eigenvalue weighted by Crippen LogP contribution is -2.29. The second-order valence-electron chi connectivity index (χ2n) is 6.32. The van der Waals surface area contributed by atoms with Gasteiger partial charge in [0.15, 0.2) is 0 Å². The van der Waals surface area contributed by atoms with Crippen LogP contribution in [-0.2, 0) is 23.0 Å². The number of aromatic nitrogens is 2. The Bertz CT molecular complexity index is 868. The van der Waals surface area contributed by atoms with Gasteiger partial charge in [-0.05, 0) is 18.4 Å². The minimum atomic E-state index is -3.40. The largest absolute Gasteiger partial charge is 0.290 e. The van der Waals surface area contributed by atoms with Gasteiger partial charge in [-0.3, -0.25) is 4.90 Å². The quantitative estimate of drug-likeness (QED) is 0.778. The molecule has 2 aromatic rings. The van der Waals surface area contributed by atoms with Gasteiger partial charge in [-0.1, -0.05) is 47.7 Å². The van der Waals surface area contributed by atoms with Crippen molar-refractivity contribution >= 4 is 21.4 Å². The van der Waals surface area contributed by atoms with Gasteiger partial charge in [0.1, 0.15) is 15.8 Å². The number of sulfonamides is 1. The van der Waals surface area contributed by atoms with Crippen LogP contribution in [0.25, 0.3) is 0 Å². The normalized spacial score (nSPS) is 17.1. The summed E-state index contributed by atoms with van der Waals surface area (Å²) in [4.78, 5) is 1.97. The number of benzene rings is 1. The molecule has 1 atom stereocenters. The smallest absolute Gasteiger partial charge is 0.209 e. The molecule has 0 saturated carbocycles. The Balaban J connectivity index is 1.74. The Morgan fingerprint density at radius 3 is 2.77 bits per heavy atom. The van der Waals surface area contributed by atoms with Crippen LogP contribution in [0.3, 0.4) is 0 Å². The summed E-state index contributed by atoms with van der Waals surface area (Å²) in [6.07, 6.45) is 3.91. The van der Waals surface area contributed by atoms with E-state index in [1.54, 1.807) is 6.08 Å². The molecule has 6 nitrogen and oxygen atoms in total. The molecule has 0 bridgehead atoms. The number of hydrogen-bond donors (Lipinski definition) is 1. The summed E-state index contributed by atoms with van der Waals surface area (Å²) in [5.41, 5.74) is 1.01. The van der Waals surface area contributed by atoms with Crippen molar-refractivity contribution in [2.75, 3.05) is 19.3 Å². The molecular weight excluding hydrogens is 375 g/mol. The maximum absolute atomic E-state index is 13.4. The average molecular weight is 397 g/mol. The molecule has 9 heteroatoms. The lowest BCUT2D eigenvalue weighted by molar-refractivity contribution is 0.258. The third-order valence-electron chi connectivity index (χ3n) is 3.96. The van der Waals surface area contributed by atoms with E-state index >= 15 is 0 Å². The number of halogens is 1. The first kappa shape index (κ1) is 19.1. The number of hydrogen-bond acceptors (Lipinski definition) is 6. The molecule has 1 aliphatic rings. The van der Waals surface area contributed by atoms with Crippen molar-refractivity contribution < 1.29 is 12.8 Å². The van der Waals surface area contributed by atoms with Crippen molar-refractivity contribution in [3.63, 3.8) is 0 Å².